The summed E-state index contributed by atoms with van der Waals surface area (Å²) < 4.78 is 0. The van der Waals surface area contributed by atoms with Gasteiger partial charge in [0.15, 0.2) is 5.78 Å². The van der Waals surface area contributed by atoms with Crippen LogP contribution in [0.5, 0.6) is 5.75 Å². The third-order valence-corrected chi connectivity index (χ3v) is 3.43. The summed E-state index contributed by atoms with van der Waals surface area (Å²) in [7, 11) is 0. The number of aliphatic imine (C=N–C) groups is 1. The lowest BCUT2D eigenvalue weighted by Gasteiger charge is -2.23. The average Bonchev–Trinajstić information content (AvgIpc) is 2.37. The molecule has 1 unspecified atom stereocenters. The Bertz CT molecular complexity index is 591. The van der Waals surface area contributed by atoms with Crippen molar-refractivity contribution in [2.75, 3.05) is 0 Å². The van der Waals surface area contributed by atoms with Crippen LogP contribution in [0.3, 0.4) is 0 Å². The molecule has 112 valence electrons. The number of aliphatic hydroxyl groups excluding tert-OH is 1. The van der Waals surface area contributed by atoms with Gasteiger partial charge < -0.3 is 10.2 Å². The molecule has 0 aromatic heterocycles. The molecule has 0 heterocycles. The van der Waals surface area contributed by atoms with Crippen molar-refractivity contribution in [2.45, 2.75) is 45.1 Å². The van der Waals surface area contributed by atoms with E-state index in [1.165, 1.54) is 6.21 Å². The number of aliphatic hydroxyl groups is 1. The Balaban J connectivity index is 2.22. The first kappa shape index (κ1) is 15.3. The number of carbonyl (C=O) groups is 1. The number of nitrogens with zero attached hydrogens (tertiary/aromatic N) is 1. The smallest absolute Gasteiger partial charge is 0.168 e. The minimum atomic E-state index is -0.276. The van der Waals surface area contributed by atoms with Gasteiger partial charge in [-0.3, -0.25) is 9.79 Å². The van der Waals surface area contributed by atoms with Crippen LogP contribution in [-0.2, 0) is 4.79 Å². The maximum atomic E-state index is 12.2. The molecule has 1 aromatic carbocycles. The third-order valence-electron chi connectivity index (χ3n) is 3.43. The Labute approximate surface area is 124 Å². The van der Waals surface area contributed by atoms with E-state index >= 15 is 0 Å². The second kappa shape index (κ2) is 5.72. The molecule has 4 nitrogen and oxygen atoms in total. The second-order valence-electron chi connectivity index (χ2n) is 6.41. The fraction of sp³-hybridized carbons (Fsp3) is 0.412. The highest BCUT2D eigenvalue weighted by Crippen LogP contribution is 2.33. The van der Waals surface area contributed by atoms with Gasteiger partial charge in [0.1, 0.15) is 11.5 Å². The Morgan fingerprint density at radius 3 is 2.29 bits per heavy atom. The number of aromatic hydroxyl groups is 1. The van der Waals surface area contributed by atoms with E-state index < -0.39 is 0 Å². The first-order chi connectivity index (χ1) is 9.76. The van der Waals surface area contributed by atoms with Crippen LogP contribution in [-0.4, -0.2) is 27.7 Å². The van der Waals surface area contributed by atoms with Gasteiger partial charge in [-0.15, -0.1) is 0 Å². The first-order valence-electron chi connectivity index (χ1n) is 7.06. The Hall–Kier alpha value is -2.10. The second-order valence-corrected chi connectivity index (χ2v) is 6.41. The van der Waals surface area contributed by atoms with Crippen LogP contribution in [0, 0.1) is 0 Å². The number of benzene rings is 1. The number of phenols is 1. The molecule has 1 aliphatic rings. The summed E-state index contributed by atoms with van der Waals surface area (Å²) in [4.78, 5) is 16.5. The molecule has 1 atom stereocenters. The number of Topliss-reactive ketones (excluding diaryl/α,β-unsaturated/α-hetero) is 1. The summed E-state index contributed by atoms with van der Waals surface area (Å²) >= 11 is 0. The molecule has 4 heteroatoms. The molecule has 0 amide bonds. The van der Waals surface area contributed by atoms with E-state index in [-0.39, 0.29) is 28.7 Å². The molecule has 2 N–H and O–H groups in total. The minimum absolute atomic E-state index is 0.0510. The van der Waals surface area contributed by atoms with Crippen LogP contribution < -0.4 is 0 Å². The van der Waals surface area contributed by atoms with Gasteiger partial charge in [0, 0.05) is 19.1 Å². The van der Waals surface area contributed by atoms with E-state index in [2.05, 4.69) is 4.99 Å². The van der Waals surface area contributed by atoms with Gasteiger partial charge in [-0.2, -0.15) is 0 Å². The maximum absolute atomic E-state index is 12.2. The van der Waals surface area contributed by atoms with Crippen LogP contribution in [0.15, 0.2) is 40.6 Å². The van der Waals surface area contributed by atoms with Gasteiger partial charge in [-0.25, -0.2) is 0 Å². The SMILES string of the molecule is CC(C)(C)N=CC1=C(O)CC(c2ccc(O)cc2)CC1=O. The molecule has 0 spiro atoms. The third kappa shape index (κ3) is 3.94. The van der Waals surface area contributed by atoms with Crippen molar-refractivity contribution >= 4 is 12.0 Å². The summed E-state index contributed by atoms with van der Waals surface area (Å²) in [5.41, 5.74) is 0.987. The average molecular weight is 287 g/mol. The van der Waals surface area contributed by atoms with Crippen molar-refractivity contribution in [3.8, 4) is 5.75 Å². The van der Waals surface area contributed by atoms with Gasteiger partial charge in [0.05, 0.1) is 11.1 Å². The van der Waals surface area contributed by atoms with Crippen LogP contribution in [0.4, 0.5) is 0 Å². The predicted octanol–water partition coefficient (Wildman–Crippen LogP) is 3.52. The van der Waals surface area contributed by atoms with Crippen molar-refractivity contribution < 1.29 is 15.0 Å². The zero-order valence-electron chi connectivity index (χ0n) is 12.6. The van der Waals surface area contributed by atoms with E-state index in [1.807, 2.05) is 20.8 Å². The van der Waals surface area contributed by atoms with E-state index in [9.17, 15) is 15.0 Å². The van der Waals surface area contributed by atoms with E-state index in [4.69, 9.17) is 0 Å². The summed E-state index contributed by atoms with van der Waals surface area (Å²) in [5, 5.41) is 19.4. The molecule has 1 aliphatic carbocycles. The van der Waals surface area contributed by atoms with Gasteiger partial charge in [0.2, 0.25) is 0 Å². The van der Waals surface area contributed by atoms with Gasteiger partial charge in [0.25, 0.3) is 0 Å². The predicted molar refractivity (Wildman–Crippen MR) is 83.0 cm³/mol. The van der Waals surface area contributed by atoms with E-state index in [0.717, 1.165) is 5.56 Å². The highest BCUT2D eigenvalue weighted by atomic mass is 16.3. The number of phenolic OH excluding ortho intramolecular Hbond substituents is 1. The number of hydrogen-bond acceptors (Lipinski definition) is 4. The molecular formula is C17H21NO3. The van der Waals surface area contributed by atoms with Crippen LogP contribution in [0.25, 0.3) is 0 Å². The van der Waals surface area contributed by atoms with Crippen LogP contribution >= 0.6 is 0 Å². The number of carbonyl (C=O) groups excluding carboxylic acids is 1. The molecule has 0 aliphatic heterocycles. The number of rotatable bonds is 2. The summed E-state index contributed by atoms with van der Waals surface area (Å²) in [6.07, 6.45) is 2.26. The highest BCUT2D eigenvalue weighted by molar-refractivity contribution is 6.14. The van der Waals surface area contributed by atoms with Crippen molar-refractivity contribution in [2.24, 2.45) is 4.99 Å². The zero-order valence-corrected chi connectivity index (χ0v) is 12.6. The molecule has 2 rings (SSSR count). The van der Waals surface area contributed by atoms with Crippen molar-refractivity contribution in [3.05, 3.63) is 41.2 Å². The lowest BCUT2D eigenvalue weighted by Crippen LogP contribution is -2.20. The Morgan fingerprint density at radius 1 is 1.14 bits per heavy atom. The molecule has 0 bridgehead atoms. The van der Waals surface area contributed by atoms with E-state index in [0.29, 0.717) is 18.4 Å². The van der Waals surface area contributed by atoms with Crippen molar-refractivity contribution in [3.63, 3.8) is 0 Å². The van der Waals surface area contributed by atoms with Crippen molar-refractivity contribution in [1.82, 2.24) is 0 Å². The number of hydrogen-bond donors (Lipinski definition) is 2. The van der Waals surface area contributed by atoms with Crippen LogP contribution in [0.2, 0.25) is 0 Å². The molecule has 0 radical (unpaired) electrons. The fourth-order valence-corrected chi connectivity index (χ4v) is 2.30. The topological polar surface area (TPSA) is 69.9 Å². The lowest BCUT2D eigenvalue weighted by atomic mass is 9.83. The first-order valence-corrected chi connectivity index (χ1v) is 7.06. The quantitative estimate of drug-likeness (QED) is 0.818. The Morgan fingerprint density at radius 2 is 1.76 bits per heavy atom. The normalized spacial score (nSPS) is 20.3. The Kier molecular flexibility index (Phi) is 4.16. The standard InChI is InChI=1S/C17H21NO3/c1-17(2,3)18-10-14-15(20)8-12(9-16(14)21)11-4-6-13(19)7-5-11/h4-7,10,12,19-20H,8-9H2,1-3H3. The van der Waals surface area contributed by atoms with Gasteiger partial charge in [-0.1, -0.05) is 12.1 Å². The molecular weight excluding hydrogens is 266 g/mol. The van der Waals surface area contributed by atoms with Crippen molar-refractivity contribution in [1.29, 1.82) is 0 Å². The monoisotopic (exact) mass is 287 g/mol. The molecule has 1 aromatic rings. The maximum Gasteiger partial charge on any atom is 0.168 e. The highest BCUT2D eigenvalue weighted by Gasteiger charge is 2.28. The van der Waals surface area contributed by atoms with Gasteiger partial charge in [-0.05, 0) is 44.4 Å². The minimum Gasteiger partial charge on any atom is -0.511 e. The molecule has 21 heavy (non-hydrogen) atoms. The largest absolute Gasteiger partial charge is 0.511 e. The summed E-state index contributed by atoms with van der Waals surface area (Å²) in [5.74, 6) is 0.144. The van der Waals surface area contributed by atoms with Crippen LogP contribution in [0.1, 0.15) is 45.1 Å². The zero-order chi connectivity index (χ0) is 15.6. The molecule has 0 saturated heterocycles. The molecule has 0 fully saturated rings. The lowest BCUT2D eigenvalue weighted by molar-refractivity contribution is -0.116. The summed E-state index contributed by atoms with van der Waals surface area (Å²) in [6.45, 7) is 5.81. The number of ketones is 1. The number of allylic oxidation sites excluding steroid dienone is 2. The molecule has 0 saturated carbocycles. The van der Waals surface area contributed by atoms with Gasteiger partial charge >= 0.3 is 0 Å². The van der Waals surface area contributed by atoms with E-state index in [1.54, 1.807) is 24.3 Å². The summed E-state index contributed by atoms with van der Waals surface area (Å²) in [6, 6.07) is 6.76. The fourth-order valence-electron chi connectivity index (χ4n) is 2.30.